The molecule has 1 aromatic rings. The van der Waals surface area contributed by atoms with Crippen LogP contribution in [-0.4, -0.2) is 19.2 Å². The average molecular weight is 221 g/mol. The van der Waals surface area contributed by atoms with E-state index in [1.807, 2.05) is 31.2 Å². The molecule has 0 aliphatic carbocycles. The molecular formula is C12H15NO3. The van der Waals surface area contributed by atoms with Crippen LogP contribution in [0, 0.1) is 0 Å². The van der Waals surface area contributed by atoms with E-state index in [-0.39, 0.29) is 18.2 Å². The number of methoxy groups -OCH3 is 1. The number of cyclic esters (lactones) is 1. The Hall–Kier alpha value is -1.71. The van der Waals surface area contributed by atoms with Crippen LogP contribution in [0.25, 0.3) is 0 Å². The highest BCUT2D eigenvalue weighted by atomic mass is 16.6. The number of alkyl carbamates (subject to hydrolysis) is 1. The number of ether oxygens (including phenoxy) is 2. The van der Waals surface area contributed by atoms with Crippen LogP contribution in [0.4, 0.5) is 4.79 Å². The summed E-state index contributed by atoms with van der Waals surface area (Å²) in [5.74, 6) is 0.800. The third-order valence-electron chi connectivity index (χ3n) is 2.79. The topological polar surface area (TPSA) is 47.6 Å². The molecule has 4 nitrogen and oxygen atoms in total. The van der Waals surface area contributed by atoms with Crippen molar-refractivity contribution in [2.45, 2.75) is 25.5 Å². The molecule has 1 N–H and O–H groups in total. The van der Waals surface area contributed by atoms with E-state index < -0.39 is 0 Å². The molecule has 2 rings (SSSR count). The molecule has 2 atom stereocenters. The Balaban J connectivity index is 2.19. The molecule has 0 saturated carbocycles. The minimum Gasteiger partial charge on any atom is -0.497 e. The molecule has 1 fully saturated rings. The van der Waals surface area contributed by atoms with Gasteiger partial charge < -0.3 is 14.8 Å². The summed E-state index contributed by atoms with van der Waals surface area (Å²) in [6.07, 6.45) is 0.318. The Morgan fingerprint density at radius 3 is 2.62 bits per heavy atom. The molecule has 0 unspecified atom stereocenters. The van der Waals surface area contributed by atoms with Crippen molar-refractivity contribution in [1.29, 1.82) is 0 Å². The number of hydrogen-bond donors (Lipinski definition) is 1. The van der Waals surface area contributed by atoms with Crippen LogP contribution in [0.3, 0.4) is 0 Å². The lowest BCUT2D eigenvalue weighted by atomic mass is 10.0. The summed E-state index contributed by atoms with van der Waals surface area (Å²) in [7, 11) is 1.63. The van der Waals surface area contributed by atoms with Crippen LogP contribution in [0.1, 0.15) is 25.0 Å². The first-order valence-electron chi connectivity index (χ1n) is 5.35. The number of nitrogens with one attached hydrogen (secondary N) is 1. The zero-order valence-electron chi connectivity index (χ0n) is 9.40. The fourth-order valence-electron chi connectivity index (χ4n) is 1.87. The first-order chi connectivity index (χ1) is 7.74. The maximum Gasteiger partial charge on any atom is 0.408 e. The second-order valence-electron chi connectivity index (χ2n) is 3.76. The number of benzene rings is 1. The quantitative estimate of drug-likeness (QED) is 0.851. The van der Waals surface area contributed by atoms with Crippen molar-refractivity contribution in [2.75, 3.05) is 7.11 Å². The summed E-state index contributed by atoms with van der Waals surface area (Å²) in [6, 6.07) is 7.64. The van der Waals surface area contributed by atoms with Gasteiger partial charge in [-0.25, -0.2) is 4.79 Å². The summed E-state index contributed by atoms with van der Waals surface area (Å²) in [6.45, 7) is 2.02. The number of rotatable bonds is 3. The van der Waals surface area contributed by atoms with E-state index in [1.54, 1.807) is 7.11 Å². The van der Waals surface area contributed by atoms with Gasteiger partial charge in [-0.1, -0.05) is 19.1 Å². The number of hydrogen-bond acceptors (Lipinski definition) is 3. The SMILES string of the molecule is CC[C@H]1NC(=O)O[C@@H]1c1ccc(OC)cc1. The van der Waals surface area contributed by atoms with Crippen molar-refractivity contribution in [2.24, 2.45) is 0 Å². The molecule has 1 amide bonds. The van der Waals surface area contributed by atoms with Gasteiger partial charge in [0.1, 0.15) is 11.9 Å². The maximum absolute atomic E-state index is 11.2. The summed E-state index contributed by atoms with van der Waals surface area (Å²) in [4.78, 5) is 11.2. The highest BCUT2D eigenvalue weighted by Crippen LogP contribution is 2.29. The van der Waals surface area contributed by atoms with Crippen molar-refractivity contribution in [3.05, 3.63) is 29.8 Å². The van der Waals surface area contributed by atoms with Gasteiger partial charge in [-0.15, -0.1) is 0 Å². The highest BCUT2D eigenvalue weighted by molar-refractivity contribution is 5.70. The van der Waals surface area contributed by atoms with Crippen LogP contribution >= 0.6 is 0 Å². The van der Waals surface area contributed by atoms with Crippen molar-refractivity contribution in [3.63, 3.8) is 0 Å². The van der Waals surface area contributed by atoms with E-state index in [4.69, 9.17) is 9.47 Å². The molecular weight excluding hydrogens is 206 g/mol. The molecule has 0 aromatic heterocycles. The minimum atomic E-state index is -0.340. The second kappa shape index (κ2) is 4.43. The Bertz CT molecular complexity index is 374. The minimum absolute atomic E-state index is 0.0564. The Kier molecular flexibility index (Phi) is 2.99. The third-order valence-corrected chi connectivity index (χ3v) is 2.79. The molecule has 0 spiro atoms. The van der Waals surface area contributed by atoms with E-state index in [0.717, 1.165) is 17.7 Å². The van der Waals surface area contributed by atoms with Crippen molar-refractivity contribution >= 4 is 6.09 Å². The first kappa shape index (κ1) is 10.8. The summed E-state index contributed by atoms with van der Waals surface area (Å²) in [5.41, 5.74) is 0.992. The monoisotopic (exact) mass is 221 g/mol. The molecule has 1 aliphatic heterocycles. The third kappa shape index (κ3) is 1.96. The van der Waals surface area contributed by atoms with Crippen molar-refractivity contribution in [1.82, 2.24) is 5.32 Å². The van der Waals surface area contributed by atoms with Gasteiger partial charge in [-0.05, 0) is 24.1 Å². The largest absolute Gasteiger partial charge is 0.497 e. The zero-order valence-corrected chi connectivity index (χ0v) is 9.40. The van der Waals surface area contributed by atoms with E-state index in [1.165, 1.54) is 0 Å². The van der Waals surface area contributed by atoms with Gasteiger partial charge in [-0.3, -0.25) is 0 Å². The van der Waals surface area contributed by atoms with Gasteiger partial charge in [0, 0.05) is 0 Å². The molecule has 0 radical (unpaired) electrons. The standard InChI is InChI=1S/C12H15NO3/c1-3-10-11(16-12(14)13-10)8-4-6-9(15-2)7-5-8/h4-7,10-11H,3H2,1-2H3,(H,13,14)/t10-,11-/m1/s1. The fraction of sp³-hybridized carbons (Fsp3) is 0.417. The van der Waals surface area contributed by atoms with E-state index >= 15 is 0 Å². The van der Waals surface area contributed by atoms with E-state index in [0.29, 0.717) is 0 Å². The van der Waals surface area contributed by atoms with E-state index in [2.05, 4.69) is 5.32 Å². The van der Waals surface area contributed by atoms with Gasteiger partial charge in [0.05, 0.1) is 13.2 Å². The highest BCUT2D eigenvalue weighted by Gasteiger charge is 2.33. The molecule has 86 valence electrons. The zero-order chi connectivity index (χ0) is 11.5. The van der Waals surface area contributed by atoms with Crippen LogP contribution in [0.2, 0.25) is 0 Å². The second-order valence-corrected chi connectivity index (χ2v) is 3.76. The molecule has 1 aromatic carbocycles. The Morgan fingerprint density at radius 1 is 1.38 bits per heavy atom. The molecule has 1 aliphatic rings. The Labute approximate surface area is 94.6 Å². The van der Waals surface area contributed by atoms with Gasteiger partial charge in [-0.2, -0.15) is 0 Å². The molecule has 1 saturated heterocycles. The molecule has 1 heterocycles. The van der Waals surface area contributed by atoms with Crippen molar-refractivity contribution < 1.29 is 14.3 Å². The van der Waals surface area contributed by atoms with Crippen LogP contribution in [-0.2, 0) is 4.74 Å². The number of carbonyl (C=O) groups excluding carboxylic acids is 1. The number of carbonyl (C=O) groups is 1. The van der Waals surface area contributed by atoms with Crippen LogP contribution in [0.5, 0.6) is 5.75 Å². The lowest BCUT2D eigenvalue weighted by molar-refractivity contribution is 0.131. The maximum atomic E-state index is 11.2. The first-order valence-corrected chi connectivity index (χ1v) is 5.35. The lowest BCUT2D eigenvalue weighted by Crippen LogP contribution is -2.26. The average Bonchev–Trinajstić information content (AvgIpc) is 2.70. The number of amides is 1. The smallest absolute Gasteiger partial charge is 0.408 e. The molecule has 16 heavy (non-hydrogen) atoms. The predicted octanol–water partition coefficient (Wildman–Crippen LogP) is 2.25. The van der Waals surface area contributed by atoms with E-state index in [9.17, 15) is 4.79 Å². The van der Waals surface area contributed by atoms with Gasteiger partial charge in [0.2, 0.25) is 0 Å². The van der Waals surface area contributed by atoms with Gasteiger partial charge in [0.15, 0.2) is 0 Å². The van der Waals surface area contributed by atoms with Crippen molar-refractivity contribution in [3.8, 4) is 5.75 Å². The summed E-state index contributed by atoms with van der Waals surface area (Å²) in [5, 5.41) is 2.79. The van der Waals surface area contributed by atoms with Crippen LogP contribution < -0.4 is 10.1 Å². The summed E-state index contributed by atoms with van der Waals surface area (Å²) < 4.78 is 10.3. The van der Waals surface area contributed by atoms with Gasteiger partial charge in [0.25, 0.3) is 0 Å². The Morgan fingerprint density at radius 2 is 2.06 bits per heavy atom. The van der Waals surface area contributed by atoms with Gasteiger partial charge >= 0.3 is 6.09 Å². The van der Waals surface area contributed by atoms with Crippen LogP contribution in [0.15, 0.2) is 24.3 Å². The summed E-state index contributed by atoms with van der Waals surface area (Å²) >= 11 is 0. The fourth-order valence-corrected chi connectivity index (χ4v) is 1.87. The predicted molar refractivity (Wildman–Crippen MR) is 59.4 cm³/mol. The molecule has 4 heteroatoms. The normalized spacial score (nSPS) is 23.8. The molecule has 0 bridgehead atoms. The lowest BCUT2D eigenvalue weighted by Gasteiger charge is -2.15.